The topological polar surface area (TPSA) is 21.3 Å². The molecule has 0 aromatic heterocycles. The van der Waals surface area contributed by atoms with Crippen LogP contribution in [0.3, 0.4) is 0 Å². The van der Waals surface area contributed by atoms with Crippen LogP contribution in [0.5, 0.6) is 0 Å². The van der Waals surface area contributed by atoms with Crippen LogP contribution in [0, 0.1) is 0 Å². The summed E-state index contributed by atoms with van der Waals surface area (Å²) in [6.45, 7) is 8.48. The Kier molecular flexibility index (Phi) is 5.03. The number of ether oxygens (including phenoxy) is 1. The lowest BCUT2D eigenvalue weighted by atomic mass is 9.98. The van der Waals surface area contributed by atoms with Gasteiger partial charge in [0.1, 0.15) is 5.76 Å². The van der Waals surface area contributed by atoms with Gasteiger partial charge in [0, 0.05) is 6.42 Å². The van der Waals surface area contributed by atoms with Crippen LogP contribution < -0.4 is 5.32 Å². The van der Waals surface area contributed by atoms with Gasteiger partial charge in [0.15, 0.2) is 0 Å². The highest BCUT2D eigenvalue weighted by atomic mass is 16.5. The molecule has 1 aliphatic rings. The van der Waals surface area contributed by atoms with E-state index in [1.165, 1.54) is 11.1 Å². The third kappa shape index (κ3) is 3.60. The van der Waals surface area contributed by atoms with E-state index in [-0.39, 0.29) is 6.04 Å². The van der Waals surface area contributed by atoms with E-state index in [4.69, 9.17) is 4.74 Å². The van der Waals surface area contributed by atoms with E-state index in [9.17, 15) is 0 Å². The number of hydrogen-bond donors (Lipinski definition) is 1. The van der Waals surface area contributed by atoms with Gasteiger partial charge in [0.2, 0.25) is 0 Å². The molecule has 2 heteroatoms. The minimum atomic E-state index is 0.212. The van der Waals surface area contributed by atoms with E-state index in [2.05, 4.69) is 56.4 Å². The van der Waals surface area contributed by atoms with Crippen molar-refractivity contribution in [1.82, 2.24) is 5.32 Å². The number of rotatable bonds is 6. The molecule has 0 amide bonds. The van der Waals surface area contributed by atoms with Crippen molar-refractivity contribution in [3.8, 4) is 0 Å². The monoisotopic (exact) mass is 259 g/mol. The molecule has 0 aliphatic carbocycles. The fourth-order valence-electron chi connectivity index (χ4n) is 2.38. The minimum Gasteiger partial charge on any atom is -0.496 e. The molecule has 19 heavy (non-hydrogen) atoms. The smallest absolute Gasteiger partial charge is 0.114 e. The number of benzene rings is 1. The first-order valence-corrected chi connectivity index (χ1v) is 7.38. The third-order valence-corrected chi connectivity index (χ3v) is 3.55. The van der Waals surface area contributed by atoms with E-state index >= 15 is 0 Å². The highest BCUT2D eigenvalue weighted by Crippen LogP contribution is 2.27. The second-order valence-corrected chi connectivity index (χ2v) is 5.45. The second kappa shape index (κ2) is 6.76. The highest BCUT2D eigenvalue weighted by molar-refractivity contribution is 5.31. The summed E-state index contributed by atoms with van der Waals surface area (Å²) in [5.74, 6) is 1.67. The first kappa shape index (κ1) is 14.1. The lowest BCUT2D eigenvalue weighted by Gasteiger charge is -2.20. The molecule has 1 aromatic rings. The maximum absolute atomic E-state index is 5.74. The van der Waals surface area contributed by atoms with Crippen LogP contribution in [0.25, 0.3) is 0 Å². The first-order valence-electron chi connectivity index (χ1n) is 7.38. The molecule has 2 nitrogen and oxygen atoms in total. The van der Waals surface area contributed by atoms with Crippen molar-refractivity contribution < 1.29 is 4.74 Å². The molecule has 1 unspecified atom stereocenters. The van der Waals surface area contributed by atoms with Crippen molar-refractivity contribution in [3.05, 3.63) is 47.2 Å². The molecule has 0 spiro atoms. The van der Waals surface area contributed by atoms with Crippen LogP contribution in [0.1, 0.15) is 56.7 Å². The van der Waals surface area contributed by atoms with Crippen molar-refractivity contribution in [2.24, 2.45) is 0 Å². The SMILES string of the molecule is CCCNC(C1=CCCO1)c1ccc(C(C)C)cc1. The Labute approximate surface area is 116 Å². The zero-order valence-corrected chi connectivity index (χ0v) is 12.3. The Balaban J connectivity index is 2.17. The van der Waals surface area contributed by atoms with Crippen molar-refractivity contribution in [1.29, 1.82) is 0 Å². The van der Waals surface area contributed by atoms with Crippen LogP contribution in [0.15, 0.2) is 36.1 Å². The van der Waals surface area contributed by atoms with Crippen LogP contribution in [-0.2, 0) is 4.74 Å². The summed E-state index contributed by atoms with van der Waals surface area (Å²) >= 11 is 0. The van der Waals surface area contributed by atoms with Gasteiger partial charge in [-0.2, -0.15) is 0 Å². The first-order chi connectivity index (χ1) is 9.22. The normalized spacial score (nSPS) is 16.3. The van der Waals surface area contributed by atoms with Crippen molar-refractivity contribution >= 4 is 0 Å². The maximum atomic E-state index is 5.74. The van der Waals surface area contributed by atoms with Crippen LogP contribution in [-0.4, -0.2) is 13.2 Å². The Bertz CT molecular complexity index is 419. The molecule has 0 saturated heterocycles. The molecule has 1 N–H and O–H groups in total. The maximum Gasteiger partial charge on any atom is 0.114 e. The fraction of sp³-hybridized carbons (Fsp3) is 0.529. The second-order valence-electron chi connectivity index (χ2n) is 5.45. The van der Waals surface area contributed by atoms with Gasteiger partial charge in [-0.1, -0.05) is 45.0 Å². The zero-order valence-electron chi connectivity index (χ0n) is 12.3. The van der Waals surface area contributed by atoms with E-state index in [0.29, 0.717) is 5.92 Å². The van der Waals surface area contributed by atoms with Gasteiger partial charge in [-0.15, -0.1) is 0 Å². The Morgan fingerprint density at radius 2 is 1.84 bits per heavy atom. The van der Waals surface area contributed by atoms with E-state index in [1.807, 2.05) is 0 Å². The Morgan fingerprint density at radius 1 is 1.16 bits per heavy atom. The molecule has 1 aromatic carbocycles. The van der Waals surface area contributed by atoms with Gasteiger partial charge in [-0.3, -0.25) is 0 Å². The largest absolute Gasteiger partial charge is 0.496 e. The molecular formula is C17H25NO. The Morgan fingerprint density at radius 3 is 2.37 bits per heavy atom. The quantitative estimate of drug-likeness (QED) is 0.828. The summed E-state index contributed by atoms with van der Waals surface area (Å²) in [4.78, 5) is 0. The van der Waals surface area contributed by atoms with Gasteiger partial charge in [0.25, 0.3) is 0 Å². The summed E-state index contributed by atoms with van der Waals surface area (Å²) in [5.41, 5.74) is 2.69. The van der Waals surface area contributed by atoms with Crippen LogP contribution >= 0.6 is 0 Å². The van der Waals surface area contributed by atoms with Crippen LogP contribution in [0.2, 0.25) is 0 Å². The molecule has 2 rings (SSSR count). The van der Waals surface area contributed by atoms with E-state index in [0.717, 1.165) is 31.8 Å². The average Bonchev–Trinajstić information content (AvgIpc) is 2.94. The lowest BCUT2D eigenvalue weighted by molar-refractivity contribution is 0.215. The van der Waals surface area contributed by atoms with Gasteiger partial charge < -0.3 is 10.1 Å². The predicted molar refractivity (Wildman–Crippen MR) is 80.2 cm³/mol. The standard InChI is InChI=1S/C17H25NO/c1-4-11-18-17(16-6-5-12-19-16)15-9-7-14(8-10-15)13(2)3/h6-10,13,17-18H,4-5,11-12H2,1-3H3. The Hall–Kier alpha value is -1.28. The van der Waals surface area contributed by atoms with Gasteiger partial charge in [0.05, 0.1) is 12.6 Å². The fourth-order valence-corrected chi connectivity index (χ4v) is 2.38. The molecule has 0 bridgehead atoms. The van der Waals surface area contributed by atoms with Gasteiger partial charge >= 0.3 is 0 Å². The van der Waals surface area contributed by atoms with Gasteiger partial charge in [-0.05, 0) is 36.1 Å². The summed E-state index contributed by atoms with van der Waals surface area (Å²) in [6.07, 6.45) is 4.38. The molecule has 1 atom stereocenters. The zero-order chi connectivity index (χ0) is 13.7. The highest BCUT2D eigenvalue weighted by Gasteiger charge is 2.20. The molecular weight excluding hydrogens is 234 g/mol. The van der Waals surface area contributed by atoms with E-state index in [1.54, 1.807) is 0 Å². The van der Waals surface area contributed by atoms with E-state index < -0.39 is 0 Å². The van der Waals surface area contributed by atoms with Crippen molar-refractivity contribution in [2.45, 2.75) is 45.6 Å². The molecule has 1 aliphatic heterocycles. The minimum absolute atomic E-state index is 0.212. The molecule has 1 heterocycles. The van der Waals surface area contributed by atoms with Gasteiger partial charge in [-0.25, -0.2) is 0 Å². The molecule has 104 valence electrons. The molecule has 0 fully saturated rings. The average molecular weight is 259 g/mol. The molecule has 0 radical (unpaired) electrons. The number of nitrogens with one attached hydrogen (secondary N) is 1. The summed E-state index contributed by atoms with van der Waals surface area (Å²) in [7, 11) is 0. The van der Waals surface area contributed by atoms with Crippen LogP contribution in [0.4, 0.5) is 0 Å². The van der Waals surface area contributed by atoms with Crippen molar-refractivity contribution in [2.75, 3.05) is 13.2 Å². The van der Waals surface area contributed by atoms with Crippen molar-refractivity contribution in [3.63, 3.8) is 0 Å². The molecule has 0 saturated carbocycles. The summed E-state index contributed by atoms with van der Waals surface area (Å²) in [6, 6.07) is 9.13. The third-order valence-electron chi connectivity index (χ3n) is 3.55. The predicted octanol–water partition coefficient (Wildman–Crippen LogP) is 4.15. The summed E-state index contributed by atoms with van der Waals surface area (Å²) < 4.78 is 5.74. The number of hydrogen-bond acceptors (Lipinski definition) is 2. The summed E-state index contributed by atoms with van der Waals surface area (Å²) in [5, 5.41) is 3.58. The lowest BCUT2D eigenvalue weighted by Crippen LogP contribution is -2.24.